The average molecular weight is 359 g/mol. The fourth-order valence-electron chi connectivity index (χ4n) is 4.15. The topological polar surface area (TPSA) is 65.1 Å². The van der Waals surface area contributed by atoms with E-state index in [2.05, 4.69) is 15.3 Å². The van der Waals surface area contributed by atoms with Crippen molar-refractivity contribution in [1.82, 2.24) is 24.4 Å². The third kappa shape index (κ3) is 2.72. The molecule has 1 aromatic carbocycles. The van der Waals surface area contributed by atoms with Gasteiger partial charge in [-0.05, 0) is 24.5 Å². The summed E-state index contributed by atoms with van der Waals surface area (Å²) in [6, 6.07) is 12.2. The number of fused-ring (bicyclic) bond motifs is 3. The minimum absolute atomic E-state index is 0.0643. The molecule has 6 heteroatoms. The van der Waals surface area contributed by atoms with E-state index in [1.165, 1.54) is 25.7 Å². The smallest absolute Gasteiger partial charge is 0.280 e. The predicted octanol–water partition coefficient (Wildman–Crippen LogP) is 4.00. The van der Waals surface area contributed by atoms with Crippen LogP contribution in [0.1, 0.15) is 44.6 Å². The van der Waals surface area contributed by atoms with Crippen LogP contribution in [0.3, 0.4) is 0 Å². The first-order valence-corrected chi connectivity index (χ1v) is 9.63. The van der Waals surface area contributed by atoms with Crippen LogP contribution in [-0.4, -0.2) is 24.4 Å². The van der Waals surface area contributed by atoms with E-state index in [9.17, 15) is 4.79 Å². The second-order valence-electron chi connectivity index (χ2n) is 7.27. The lowest BCUT2D eigenvalue weighted by Crippen LogP contribution is -2.25. The summed E-state index contributed by atoms with van der Waals surface area (Å²) in [4.78, 5) is 13.1. The van der Waals surface area contributed by atoms with Crippen molar-refractivity contribution < 1.29 is 0 Å². The van der Waals surface area contributed by atoms with Gasteiger partial charge in [-0.1, -0.05) is 56.0 Å². The normalized spacial score (nSPS) is 16.0. The van der Waals surface area contributed by atoms with Gasteiger partial charge in [-0.2, -0.15) is 5.10 Å². The summed E-state index contributed by atoms with van der Waals surface area (Å²) in [7, 11) is 0. The van der Waals surface area contributed by atoms with E-state index in [4.69, 9.17) is 0 Å². The van der Waals surface area contributed by atoms with Gasteiger partial charge in [0.2, 0.25) is 0 Å². The van der Waals surface area contributed by atoms with Crippen molar-refractivity contribution in [3.63, 3.8) is 0 Å². The summed E-state index contributed by atoms with van der Waals surface area (Å²) in [6.45, 7) is 0. The van der Waals surface area contributed by atoms with Crippen molar-refractivity contribution >= 4 is 16.7 Å². The third-order valence-corrected chi connectivity index (χ3v) is 5.59. The summed E-state index contributed by atoms with van der Waals surface area (Å²) >= 11 is 0. The molecule has 136 valence electrons. The van der Waals surface area contributed by atoms with Crippen molar-refractivity contribution in [2.75, 3.05) is 0 Å². The summed E-state index contributed by atoms with van der Waals surface area (Å²) in [5.74, 6) is 0. The standard InChI is InChI=1S/C21H21N5O/c27-21-19-18(12-13-25(21)16-10-6-1-2-7-11-16)26-20(24-23-19)17(14-22-26)15-8-4-3-5-9-15/h3-5,8-9,12-14,16H,1-2,6-7,10-11H2. The van der Waals surface area contributed by atoms with Gasteiger partial charge in [-0.15, -0.1) is 10.2 Å². The second kappa shape index (κ2) is 6.61. The van der Waals surface area contributed by atoms with Crippen LogP contribution in [0.4, 0.5) is 0 Å². The zero-order valence-corrected chi connectivity index (χ0v) is 15.1. The lowest BCUT2D eigenvalue weighted by Gasteiger charge is -2.17. The van der Waals surface area contributed by atoms with Gasteiger partial charge >= 0.3 is 0 Å². The molecule has 3 aromatic heterocycles. The number of pyridine rings is 1. The minimum atomic E-state index is -0.0643. The fourth-order valence-corrected chi connectivity index (χ4v) is 4.15. The molecule has 0 spiro atoms. The quantitative estimate of drug-likeness (QED) is 0.507. The van der Waals surface area contributed by atoms with Crippen molar-refractivity contribution in [3.05, 3.63) is 59.1 Å². The lowest BCUT2D eigenvalue weighted by molar-refractivity contribution is 0.433. The largest absolute Gasteiger partial charge is 0.310 e. The summed E-state index contributed by atoms with van der Waals surface area (Å²) in [5.41, 5.74) is 3.64. The number of hydrogen-bond acceptors (Lipinski definition) is 4. The molecule has 0 atom stereocenters. The molecule has 0 N–H and O–H groups in total. The van der Waals surface area contributed by atoms with E-state index < -0.39 is 0 Å². The average Bonchev–Trinajstić information content (AvgIpc) is 2.96. The van der Waals surface area contributed by atoms with Gasteiger partial charge in [-0.3, -0.25) is 4.79 Å². The van der Waals surface area contributed by atoms with Gasteiger partial charge in [0, 0.05) is 17.8 Å². The number of hydrogen-bond donors (Lipinski definition) is 0. The lowest BCUT2D eigenvalue weighted by atomic mass is 10.1. The molecule has 1 aliphatic carbocycles. The van der Waals surface area contributed by atoms with Crippen molar-refractivity contribution in [1.29, 1.82) is 0 Å². The van der Waals surface area contributed by atoms with Gasteiger partial charge in [0.25, 0.3) is 5.56 Å². The van der Waals surface area contributed by atoms with Crippen LogP contribution in [0.15, 0.2) is 53.6 Å². The Morgan fingerprint density at radius 2 is 1.70 bits per heavy atom. The SMILES string of the molecule is O=c1c2nnc3c(-c4ccccc4)cnn3c2ccn1C1CCCCCC1. The summed E-state index contributed by atoms with van der Waals surface area (Å²) in [6.07, 6.45) is 10.7. The number of rotatable bonds is 2. The number of aromatic nitrogens is 5. The molecule has 0 radical (unpaired) electrons. The highest BCUT2D eigenvalue weighted by Crippen LogP contribution is 2.27. The highest BCUT2D eigenvalue weighted by Gasteiger charge is 2.19. The molecule has 0 amide bonds. The Morgan fingerprint density at radius 3 is 2.48 bits per heavy atom. The minimum Gasteiger partial charge on any atom is -0.310 e. The highest BCUT2D eigenvalue weighted by molar-refractivity contribution is 5.82. The summed E-state index contributed by atoms with van der Waals surface area (Å²) < 4.78 is 3.58. The van der Waals surface area contributed by atoms with Gasteiger partial charge in [0.15, 0.2) is 11.2 Å². The van der Waals surface area contributed by atoms with Crippen molar-refractivity contribution in [2.45, 2.75) is 44.6 Å². The van der Waals surface area contributed by atoms with E-state index in [1.54, 1.807) is 10.7 Å². The molecule has 0 unspecified atom stereocenters. The molecule has 0 bridgehead atoms. The first-order valence-electron chi connectivity index (χ1n) is 9.63. The zero-order chi connectivity index (χ0) is 18.2. The predicted molar refractivity (Wildman–Crippen MR) is 105 cm³/mol. The van der Waals surface area contributed by atoms with Crippen LogP contribution < -0.4 is 5.56 Å². The molecule has 4 aromatic rings. The molecule has 0 aliphatic heterocycles. The zero-order valence-electron chi connectivity index (χ0n) is 15.1. The van der Waals surface area contributed by atoms with E-state index in [1.807, 2.05) is 47.2 Å². The third-order valence-electron chi connectivity index (χ3n) is 5.59. The molecule has 6 nitrogen and oxygen atoms in total. The Labute approximate surface area is 156 Å². The van der Waals surface area contributed by atoms with Crippen LogP contribution in [0, 0.1) is 0 Å². The molecule has 1 saturated carbocycles. The van der Waals surface area contributed by atoms with Crippen LogP contribution in [0.25, 0.3) is 27.8 Å². The molecular weight excluding hydrogens is 338 g/mol. The fraction of sp³-hybridized carbons (Fsp3) is 0.333. The van der Waals surface area contributed by atoms with Crippen LogP contribution in [-0.2, 0) is 0 Å². The highest BCUT2D eigenvalue weighted by atomic mass is 16.1. The van der Waals surface area contributed by atoms with E-state index in [0.717, 1.165) is 24.0 Å². The maximum Gasteiger partial charge on any atom is 0.280 e. The van der Waals surface area contributed by atoms with Gasteiger partial charge in [0.05, 0.1) is 6.20 Å². The monoisotopic (exact) mass is 359 g/mol. The van der Waals surface area contributed by atoms with E-state index in [-0.39, 0.29) is 11.6 Å². The van der Waals surface area contributed by atoms with Crippen LogP contribution >= 0.6 is 0 Å². The molecule has 5 rings (SSSR count). The Morgan fingerprint density at radius 1 is 0.926 bits per heavy atom. The molecule has 1 fully saturated rings. The Hall–Kier alpha value is -3.02. The summed E-state index contributed by atoms with van der Waals surface area (Å²) in [5, 5.41) is 13.1. The Balaban J connectivity index is 1.66. The second-order valence-corrected chi connectivity index (χ2v) is 7.27. The first kappa shape index (κ1) is 16.2. The van der Waals surface area contributed by atoms with Gasteiger partial charge in [0.1, 0.15) is 5.52 Å². The maximum absolute atomic E-state index is 13.1. The van der Waals surface area contributed by atoms with E-state index in [0.29, 0.717) is 16.7 Å². The number of benzene rings is 1. The van der Waals surface area contributed by atoms with Crippen LogP contribution in [0.2, 0.25) is 0 Å². The van der Waals surface area contributed by atoms with E-state index >= 15 is 0 Å². The van der Waals surface area contributed by atoms with Crippen molar-refractivity contribution in [2.24, 2.45) is 0 Å². The maximum atomic E-state index is 13.1. The molecule has 1 aliphatic rings. The van der Waals surface area contributed by atoms with Crippen molar-refractivity contribution in [3.8, 4) is 11.1 Å². The first-order chi connectivity index (χ1) is 13.3. The number of nitrogens with zero attached hydrogens (tertiary/aromatic N) is 5. The molecular formula is C21H21N5O. The molecule has 0 saturated heterocycles. The molecule has 27 heavy (non-hydrogen) atoms. The Kier molecular flexibility index (Phi) is 3.96. The van der Waals surface area contributed by atoms with Crippen LogP contribution in [0.5, 0.6) is 0 Å². The molecule has 3 heterocycles. The van der Waals surface area contributed by atoms with Gasteiger partial charge in [-0.25, -0.2) is 4.52 Å². The van der Waals surface area contributed by atoms with Gasteiger partial charge < -0.3 is 4.57 Å². The Bertz CT molecular complexity index is 1150.